The van der Waals surface area contributed by atoms with E-state index in [0.717, 1.165) is 19.3 Å². The van der Waals surface area contributed by atoms with Crippen molar-refractivity contribution in [3.63, 3.8) is 0 Å². The Morgan fingerprint density at radius 2 is 2.37 bits per heavy atom. The van der Waals surface area contributed by atoms with E-state index in [0.29, 0.717) is 11.3 Å². The highest BCUT2D eigenvalue weighted by atomic mass is 16.6. The Morgan fingerprint density at radius 1 is 1.63 bits per heavy atom. The Bertz CT molecular complexity index is 506. The summed E-state index contributed by atoms with van der Waals surface area (Å²) < 4.78 is 0. The Kier molecular flexibility index (Phi) is 5.55. The van der Waals surface area contributed by atoms with Crippen LogP contribution in [0, 0.1) is 21.4 Å². The van der Waals surface area contributed by atoms with Crippen LogP contribution in [0.4, 0.5) is 11.4 Å². The van der Waals surface area contributed by atoms with Crippen LogP contribution in [0.1, 0.15) is 31.7 Å². The highest BCUT2D eigenvalue weighted by Gasteiger charge is 2.12. The van der Waals surface area contributed by atoms with E-state index in [1.54, 1.807) is 6.07 Å². The van der Waals surface area contributed by atoms with Gasteiger partial charge in [-0.15, -0.1) is 6.58 Å². The predicted octanol–water partition coefficient (Wildman–Crippen LogP) is 3.62. The van der Waals surface area contributed by atoms with Crippen LogP contribution in [0.3, 0.4) is 0 Å². The molecular formula is C14H17N3O2. The van der Waals surface area contributed by atoms with Gasteiger partial charge >= 0.3 is 0 Å². The molecule has 100 valence electrons. The molecule has 1 aromatic carbocycles. The van der Waals surface area contributed by atoms with Crippen LogP contribution in [-0.4, -0.2) is 11.0 Å². The van der Waals surface area contributed by atoms with Crippen molar-refractivity contribution in [2.75, 3.05) is 5.32 Å². The molecule has 0 aromatic heterocycles. The molecule has 5 heteroatoms. The monoisotopic (exact) mass is 259 g/mol. The van der Waals surface area contributed by atoms with Gasteiger partial charge in [0, 0.05) is 18.2 Å². The fraction of sp³-hybridized carbons (Fsp3) is 0.357. The largest absolute Gasteiger partial charge is 0.382 e. The minimum Gasteiger partial charge on any atom is -0.382 e. The van der Waals surface area contributed by atoms with Crippen LogP contribution in [-0.2, 0) is 0 Å². The minimum absolute atomic E-state index is 0.0681. The molecule has 0 aliphatic rings. The zero-order chi connectivity index (χ0) is 14.3. The molecule has 1 rings (SSSR count). The van der Waals surface area contributed by atoms with Crippen molar-refractivity contribution in [1.82, 2.24) is 0 Å². The number of nitriles is 1. The van der Waals surface area contributed by atoms with Crippen LogP contribution in [0.2, 0.25) is 0 Å². The second-order valence-electron chi connectivity index (χ2n) is 4.36. The molecule has 0 amide bonds. The molecule has 0 saturated carbocycles. The van der Waals surface area contributed by atoms with Crippen LogP contribution >= 0.6 is 0 Å². The molecule has 0 heterocycles. The van der Waals surface area contributed by atoms with Crippen molar-refractivity contribution in [2.45, 2.75) is 32.2 Å². The van der Waals surface area contributed by atoms with E-state index in [-0.39, 0.29) is 11.7 Å². The highest BCUT2D eigenvalue weighted by Crippen LogP contribution is 2.22. The van der Waals surface area contributed by atoms with Crippen molar-refractivity contribution >= 4 is 11.4 Å². The number of allylic oxidation sites excluding steroid dienone is 1. The molecule has 1 N–H and O–H groups in total. The number of nitro benzene ring substituents is 1. The molecule has 19 heavy (non-hydrogen) atoms. The van der Waals surface area contributed by atoms with E-state index in [2.05, 4.69) is 11.9 Å². The number of hydrogen-bond donors (Lipinski definition) is 1. The smallest absolute Gasteiger partial charge is 0.270 e. The van der Waals surface area contributed by atoms with Gasteiger partial charge in [-0.1, -0.05) is 6.08 Å². The topological polar surface area (TPSA) is 79.0 Å². The van der Waals surface area contributed by atoms with Gasteiger partial charge in [0.15, 0.2) is 0 Å². The minimum atomic E-state index is -0.502. The van der Waals surface area contributed by atoms with Crippen LogP contribution in [0.5, 0.6) is 0 Å². The highest BCUT2D eigenvalue weighted by molar-refractivity contribution is 5.61. The van der Waals surface area contributed by atoms with Crippen LogP contribution in [0.15, 0.2) is 30.9 Å². The summed E-state index contributed by atoms with van der Waals surface area (Å²) in [5.41, 5.74) is 0.866. The molecule has 0 saturated heterocycles. The molecule has 1 aromatic rings. The lowest BCUT2D eigenvalue weighted by molar-refractivity contribution is -0.384. The summed E-state index contributed by atoms with van der Waals surface area (Å²) in [6.45, 7) is 5.69. The first kappa shape index (κ1) is 14.7. The fourth-order valence-corrected chi connectivity index (χ4v) is 1.77. The summed E-state index contributed by atoms with van der Waals surface area (Å²) >= 11 is 0. The van der Waals surface area contributed by atoms with Gasteiger partial charge in [-0.2, -0.15) is 5.26 Å². The van der Waals surface area contributed by atoms with Gasteiger partial charge in [-0.05, 0) is 32.3 Å². The van der Waals surface area contributed by atoms with E-state index in [1.165, 1.54) is 12.1 Å². The number of hydrogen-bond acceptors (Lipinski definition) is 4. The van der Waals surface area contributed by atoms with Crippen LogP contribution < -0.4 is 5.32 Å². The lowest BCUT2D eigenvalue weighted by Gasteiger charge is -2.15. The first-order chi connectivity index (χ1) is 9.08. The van der Waals surface area contributed by atoms with Crippen molar-refractivity contribution < 1.29 is 4.92 Å². The standard InChI is InChI=1S/C14H17N3O2/c1-3-4-5-6-11(2)16-14-8-7-13(17(18)19)9-12(14)10-15/h3,7-9,11,16H,1,4-6H2,2H3. The predicted molar refractivity (Wildman–Crippen MR) is 74.9 cm³/mol. The number of anilines is 1. The van der Waals surface area contributed by atoms with Crippen molar-refractivity contribution in [3.8, 4) is 6.07 Å². The third-order valence-electron chi connectivity index (χ3n) is 2.78. The summed E-state index contributed by atoms with van der Waals surface area (Å²) in [6.07, 6.45) is 4.80. The van der Waals surface area contributed by atoms with Gasteiger partial charge in [0.1, 0.15) is 6.07 Å². The van der Waals surface area contributed by atoms with Gasteiger partial charge in [0.05, 0.1) is 16.2 Å². The zero-order valence-electron chi connectivity index (χ0n) is 10.9. The van der Waals surface area contributed by atoms with E-state index in [9.17, 15) is 10.1 Å². The third kappa shape index (κ3) is 4.43. The molecule has 5 nitrogen and oxygen atoms in total. The quantitative estimate of drug-likeness (QED) is 0.351. The summed E-state index contributed by atoms with van der Waals surface area (Å²) in [5.74, 6) is 0. The number of rotatable bonds is 7. The molecule has 0 spiro atoms. The molecular weight excluding hydrogens is 242 g/mol. The second-order valence-corrected chi connectivity index (χ2v) is 4.36. The lowest BCUT2D eigenvalue weighted by Crippen LogP contribution is -2.15. The second kappa shape index (κ2) is 7.17. The van der Waals surface area contributed by atoms with Gasteiger partial charge in [-0.3, -0.25) is 10.1 Å². The maximum atomic E-state index is 10.6. The van der Waals surface area contributed by atoms with Crippen molar-refractivity contribution in [2.24, 2.45) is 0 Å². The maximum absolute atomic E-state index is 10.6. The number of nitrogens with zero attached hydrogens (tertiary/aromatic N) is 2. The number of unbranched alkanes of at least 4 members (excludes halogenated alkanes) is 1. The third-order valence-corrected chi connectivity index (χ3v) is 2.78. The van der Waals surface area contributed by atoms with E-state index < -0.39 is 4.92 Å². The van der Waals surface area contributed by atoms with Crippen molar-refractivity contribution in [3.05, 3.63) is 46.5 Å². The van der Waals surface area contributed by atoms with E-state index in [1.807, 2.05) is 19.1 Å². The van der Waals surface area contributed by atoms with E-state index >= 15 is 0 Å². The van der Waals surface area contributed by atoms with Crippen LogP contribution in [0.25, 0.3) is 0 Å². The Labute approximate surface area is 112 Å². The number of non-ortho nitro benzene ring substituents is 1. The summed E-state index contributed by atoms with van der Waals surface area (Å²) in [7, 11) is 0. The first-order valence-corrected chi connectivity index (χ1v) is 6.14. The molecule has 0 fully saturated rings. The first-order valence-electron chi connectivity index (χ1n) is 6.14. The molecule has 0 bridgehead atoms. The van der Waals surface area contributed by atoms with Gasteiger partial charge in [0.2, 0.25) is 0 Å². The summed E-state index contributed by atoms with van der Waals surface area (Å²) in [4.78, 5) is 10.1. The van der Waals surface area contributed by atoms with Crippen molar-refractivity contribution in [1.29, 1.82) is 5.26 Å². The lowest BCUT2D eigenvalue weighted by atomic mass is 10.1. The molecule has 1 unspecified atom stereocenters. The number of nitro groups is 1. The Balaban J connectivity index is 2.75. The average Bonchev–Trinajstić information content (AvgIpc) is 2.39. The molecule has 1 atom stereocenters. The molecule has 0 aliphatic heterocycles. The average molecular weight is 259 g/mol. The normalized spacial score (nSPS) is 11.4. The van der Waals surface area contributed by atoms with Gasteiger partial charge < -0.3 is 5.32 Å². The SMILES string of the molecule is C=CCCCC(C)Nc1ccc([N+](=O)[O-])cc1C#N. The number of benzene rings is 1. The molecule has 0 radical (unpaired) electrons. The molecule has 0 aliphatic carbocycles. The number of nitrogens with one attached hydrogen (secondary N) is 1. The van der Waals surface area contributed by atoms with Gasteiger partial charge in [-0.25, -0.2) is 0 Å². The summed E-state index contributed by atoms with van der Waals surface area (Å²) in [6, 6.07) is 6.46. The maximum Gasteiger partial charge on any atom is 0.270 e. The van der Waals surface area contributed by atoms with E-state index in [4.69, 9.17) is 5.26 Å². The van der Waals surface area contributed by atoms with Gasteiger partial charge in [0.25, 0.3) is 5.69 Å². The Morgan fingerprint density at radius 3 is 2.95 bits per heavy atom. The summed E-state index contributed by atoms with van der Waals surface area (Å²) in [5, 5.41) is 22.9. The Hall–Kier alpha value is -2.35. The zero-order valence-corrected chi connectivity index (χ0v) is 10.9. The fourth-order valence-electron chi connectivity index (χ4n) is 1.77.